The van der Waals surface area contributed by atoms with Gasteiger partial charge in [0.25, 0.3) is 5.91 Å². The maximum atomic E-state index is 12.9. The Morgan fingerprint density at radius 3 is 2.63 bits per heavy atom. The highest BCUT2D eigenvalue weighted by molar-refractivity contribution is 5.98. The van der Waals surface area contributed by atoms with Gasteiger partial charge in [0.15, 0.2) is 29.3 Å². The van der Waals surface area contributed by atoms with E-state index in [0.717, 1.165) is 0 Å². The first-order chi connectivity index (χ1) is 12.9. The van der Waals surface area contributed by atoms with Crippen molar-refractivity contribution in [2.75, 3.05) is 33.9 Å². The highest BCUT2D eigenvalue weighted by Crippen LogP contribution is 2.41. The fourth-order valence-electron chi connectivity index (χ4n) is 3.83. The second-order valence-corrected chi connectivity index (χ2v) is 7.41. The number of amides is 1. The fraction of sp³-hybridized carbons (Fsp3) is 0.474. The molecule has 2 aliphatic rings. The molecule has 2 fully saturated rings. The molecule has 1 N–H and O–H groups in total. The molecule has 2 saturated heterocycles. The molecule has 1 aromatic heterocycles. The standard InChI is InChI=1S/C19H22N2O6/c1-18(23)7-19(27-10-18)8-21(9-19)17(22)15-16(26-11-20-15)12-4-5-13(24-2)14(6-12)25-3/h4-6,11,23H,7-10H2,1-3H3. The smallest absolute Gasteiger partial charge is 0.276 e. The summed E-state index contributed by atoms with van der Waals surface area (Å²) in [5.41, 5.74) is -0.383. The van der Waals surface area contributed by atoms with Crippen LogP contribution in [0.4, 0.5) is 0 Å². The maximum Gasteiger partial charge on any atom is 0.276 e. The average molecular weight is 374 g/mol. The Hall–Kier alpha value is -2.58. The van der Waals surface area contributed by atoms with Crippen LogP contribution in [-0.4, -0.2) is 66.0 Å². The number of carbonyl (C=O) groups is 1. The van der Waals surface area contributed by atoms with Crippen molar-refractivity contribution in [2.24, 2.45) is 0 Å². The van der Waals surface area contributed by atoms with E-state index in [1.807, 2.05) is 0 Å². The SMILES string of the molecule is COc1ccc(-c2ocnc2C(=O)N2CC3(C2)CC(C)(O)CO3)cc1OC. The number of ether oxygens (including phenoxy) is 3. The first-order valence-electron chi connectivity index (χ1n) is 8.68. The van der Waals surface area contributed by atoms with Crippen LogP contribution < -0.4 is 9.47 Å². The van der Waals surface area contributed by atoms with E-state index < -0.39 is 11.2 Å². The van der Waals surface area contributed by atoms with Gasteiger partial charge in [-0.1, -0.05) is 0 Å². The topological polar surface area (TPSA) is 94.3 Å². The van der Waals surface area contributed by atoms with Crippen molar-refractivity contribution < 1.29 is 28.5 Å². The van der Waals surface area contributed by atoms with E-state index in [1.54, 1.807) is 44.2 Å². The Balaban J connectivity index is 1.54. The number of aliphatic hydroxyl groups is 1. The van der Waals surface area contributed by atoms with Crippen LogP contribution in [-0.2, 0) is 4.74 Å². The van der Waals surface area contributed by atoms with E-state index in [2.05, 4.69) is 4.98 Å². The summed E-state index contributed by atoms with van der Waals surface area (Å²) in [7, 11) is 3.10. The van der Waals surface area contributed by atoms with Gasteiger partial charge in [-0.15, -0.1) is 0 Å². The molecule has 1 aromatic carbocycles. The quantitative estimate of drug-likeness (QED) is 0.871. The van der Waals surface area contributed by atoms with E-state index in [9.17, 15) is 9.90 Å². The maximum absolute atomic E-state index is 12.9. The van der Waals surface area contributed by atoms with E-state index >= 15 is 0 Å². The third-order valence-electron chi connectivity index (χ3n) is 5.05. The third kappa shape index (κ3) is 3.04. The molecule has 4 rings (SSSR count). The number of nitrogens with zero attached hydrogens (tertiary/aromatic N) is 2. The van der Waals surface area contributed by atoms with Crippen LogP contribution in [0.25, 0.3) is 11.3 Å². The lowest BCUT2D eigenvalue weighted by molar-refractivity contribution is -0.0955. The molecule has 3 heterocycles. The lowest BCUT2D eigenvalue weighted by Crippen LogP contribution is -2.63. The highest BCUT2D eigenvalue weighted by atomic mass is 16.5. The zero-order valence-corrected chi connectivity index (χ0v) is 15.5. The van der Waals surface area contributed by atoms with Crippen molar-refractivity contribution in [1.82, 2.24) is 9.88 Å². The lowest BCUT2D eigenvalue weighted by atomic mass is 9.85. The number of aromatic nitrogens is 1. The van der Waals surface area contributed by atoms with E-state index in [1.165, 1.54) is 6.39 Å². The van der Waals surface area contributed by atoms with Crippen LogP contribution in [0.1, 0.15) is 23.8 Å². The third-order valence-corrected chi connectivity index (χ3v) is 5.05. The Kier molecular flexibility index (Phi) is 4.12. The van der Waals surface area contributed by atoms with Crippen molar-refractivity contribution in [3.8, 4) is 22.8 Å². The number of rotatable bonds is 4. The van der Waals surface area contributed by atoms with Crippen molar-refractivity contribution in [2.45, 2.75) is 24.5 Å². The molecular weight excluding hydrogens is 352 g/mol. The van der Waals surface area contributed by atoms with Crippen molar-refractivity contribution in [3.05, 3.63) is 30.3 Å². The van der Waals surface area contributed by atoms with Crippen molar-refractivity contribution in [1.29, 1.82) is 0 Å². The van der Waals surface area contributed by atoms with Gasteiger partial charge in [-0.3, -0.25) is 4.79 Å². The first kappa shape index (κ1) is 17.8. The molecule has 0 radical (unpaired) electrons. The lowest BCUT2D eigenvalue weighted by Gasteiger charge is -2.46. The number of likely N-dealkylation sites (tertiary alicyclic amines) is 1. The molecule has 0 saturated carbocycles. The van der Waals surface area contributed by atoms with Gasteiger partial charge in [0.1, 0.15) is 5.60 Å². The zero-order chi connectivity index (χ0) is 19.2. The van der Waals surface area contributed by atoms with Gasteiger partial charge < -0.3 is 28.6 Å². The van der Waals surface area contributed by atoms with Gasteiger partial charge in [-0.2, -0.15) is 0 Å². The first-order valence-corrected chi connectivity index (χ1v) is 8.68. The van der Waals surface area contributed by atoms with Crippen LogP contribution >= 0.6 is 0 Å². The number of oxazole rings is 1. The molecule has 1 spiro atoms. The summed E-state index contributed by atoms with van der Waals surface area (Å²) in [6.07, 6.45) is 1.77. The van der Waals surface area contributed by atoms with Crippen LogP contribution in [0.15, 0.2) is 29.0 Å². The molecule has 8 heteroatoms. The Bertz CT molecular complexity index is 869. The zero-order valence-electron chi connectivity index (χ0n) is 15.5. The summed E-state index contributed by atoms with van der Waals surface area (Å²) in [4.78, 5) is 18.7. The second kappa shape index (κ2) is 6.24. The Morgan fingerprint density at radius 1 is 1.26 bits per heavy atom. The molecule has 2 aromatic rings. The normalized spacial score (nSPS) is 23.3. The molecule has 1 amide bonds. The van der Waals surface area contributed by atoms with Crippen LogP contribution in [0.5, 0.6) is 11.5 Å². The van der Waals surface area contributed by atoms with Crippen molar-refractivity contribution >= 4 is 5.91 Å². The minimum absolute atomic E-state index is 0.227. The molecule has 1 atom stereocenters. The fourth-order valence-corrected chi connectivity index (χ4v) is 3.83. The van der Waals surface area contributed by atoms with Crippen LogP contribution in [0.2, 0.25) is 0 Å². The largest absolute Gasteiger partial charge is 0.493 e. The van der Waals surface area contributed by atoms with Crippen LogP contribution in [0.3, 0.4) is 0 Å². The summed E-state index contributed by atoms with van der Waals surface area (Å²) in [6.45, 7) is 2.90. The molecule has 0 bridgehead atoms. The van der Waals surface area contributed by atoms with Gasteiger partial charge in [0.2, 0.25) is 0 Å². The summed E-state index contributed by atoms with van der Waals surface area (Å²) >= 11 is 0. The number of methoxy groups -OCH3 is 2. The molecule has 2 aliphatic heterocycles. The summed E-state index contributed by atoms with van der Waals surface area (Å²) < 4.78 is 21.8. The summed E-state index contributed by atoms with van der Waals surface area (Å²) in [5.74, 6) is 1.27. The predicted molar refractivity (Wildman–Crippen MR) is 94.9 cm³/mol. The number of benzene rings is 1. The summed E-state index contributed by atoms with van der Waals surface area (Å²) in [5, 5.41) is 10.1. The molecule has 0 aliphatic carbocycles. The minimum Gasteiger partial charge on any atom is -0.493 e. The number of hydrogen-bond acceptors (Lipinski definition) is 7. The highest BCUT2D eigenvalue weighted by Gasteiger charge is 2.55. The van der Waals surface area contributed by atoms with Gasteiger partial charge >= 0.3 is 0 Å². The minimum atomic E-state index is -0.839. The van der Waals surface area contributed by atoms with Gasteiger partial charge in [0.05, 0.1) is 39.5 Å². The van der Waals surface area contributed by atoms with Crippen LogP contribution in [0, 0.1) is 0 Å². The Morgan fingerprint density at radius 2 is 2.00 bits per heavy atom. The molecule has 8 nitrogen and oxygen atoms in total. The van der Waals surface area contributed by atoms with Crippen molar-refractivity contribution in [3.63, 3.8) is 0 Å². The van der Waals surface area contributed by atoms with Gasteiger partial charge in [-0.25, -0.2) is 4.98 Å². The number of carbonyl (C=O) groups excluding carboxylic acids is 1. The predicted octanol–water partition coefficient (Wildman–Crippen LogP) is 1.72. The molecule has 27 heavy (non-hydrogen) atoms. The van der Waals surface area contributed by atoms with Gasteiger partial charge in [0, 0.05) is 12.0 Å². The average Bonchev–Trinajstić information content (AvgIpc) is 3.23. The molecule has 144 valence electrons. The summed E-state index contributed by atoms with van der Waals surface area (Å²) in [6, 6.07) is 5.27. The Labute approximate surface area is 156 Å². The monoisotopic (exact) mass is 374 g/mol. The molecule has 1 unspecified atom stereocenters. The molecular formula is C19H22N2O6. The van der Waals surface area contributed by atoms with E-state index in [4.69, 9.17) is 18.6 Å². The van der Waals surface area contributed by atoms with E-state index in [-0.39, 0.29) is 18.2 Å². The second-order valence-electron chi connectivity index (χ2n) is 7.41. The number of hydrogen-bond donors (Lipinski definition) is 1. The van der Waals surface area contributed by atoms with E-state index in [0.29, 0.717) is 42.3 Å². The van der Waals surface area contributed by atoms with Gasteiger partial charge in [-0.05, 0) is 25.1 Å².